The number of esters is 5. The van der Waals surface area contributed by atoms with Crippen LogP contribution in [0.3, 0.4) is 0 Å². The number of hydrogen-bond acceptors (Lipinski definition) is 23. The third kappa shape index (κ3) is 16.9. The first kappa shape index (κ1) is 68.0. The summed E-state index contributed by atoms with van der Waals surface area (Å²) in [6.45, 7) is 14.7. The molecule has 9 rings (SSSR count). The number of sulfonamides is 1. The van der Waals surface area contributed by atoms with E-state index in [1.54, 1.807) is 0 Å². The highest BCUT2D eigenvalue weighted by Crippen LogP contribution is 2.55. The van der Waals surface area contributed by atoms with Gasteiger partial charge in [0.25, 0.3) is 23.6 Å². The zero-order valence-corrected chi connectivity index (χ0v) is 48.5. The maximum Gasteiger partial charge on any atom is 0.511 e. The maximum absolute atomic E-state index is 12.2. The van der Waals surface area contributed by atoms with Crippen LogP contribution in [-0.4, -0.2) is 193 Å². The summed E-state index contributed by atoms with van der Waals surface area (Å²) < 4.78 is 93.5. The van der Waals surface area contributed by atoms with Crippen LogP contribution in [0.25, 0.3) is 0 Å². The zero-order chi connectivity index (χ0) is 64.5. The van der Waals surface area contributed by atoms with Gasteiger partial charge in [0.1, 0.15) is 63.8 Å². The van der Waals surface area contributed by atoms with Crippen molar-refractivity contribution in [1.82, 2.24) is 24.3 Å². The first-order chi connectivity index (χ1) is 40.7. The van der Waals surface area contributed by atoms with Crippen molar-refractivity contribution in [3.63, 3.8) is 0 Å². The summed E-state index contributed by atoms with van der Waals surface area (Å²) in [5.74, 6) is -6.70. The number of halogens is 3. The van der Waals surface area contributed by atoms with Gasteiger partial charge in [0.2, 0.25) is 23.6 Å². The van der Waals surface area contributed by atoms with Gasteiger partial charge in [-0.2, -0.15) is 13.2 Å². The highest BCUT2D eigenvalue weighted by atomic mass is 32.2. The van der Waals surface area contributed by atoms with Crippen LogP contribution in [0.5, 0.6) is 0 Å². The number of cyclic esters (lactones) is 2. The summed E-state index contributed by atoms with van der Waals surface area (Å²) in [4.78, 5) is 167. The molecule has 0 aromatic rings. The van der Waals surface area contributed by atoms with E-state index in [0.717, 1.165) is 46.8 Å². The van der Waals surface area contributed by atoms with Gasteiger partial charge in [-0.15, -0.1) is 0 Å². The molecule has 32 heteroatoms. The largest absolute Gasteiger partial charge is 0.511 e. The van der Waals surface area contributed by atoms with Crippen molar-refractivity contribution in [3.05, 3.63) is 48.6 Å². The Kier molecular flexibility index (Phi) is 22.3. The van der Waals surface area contributed by atoms with Crippen molar-refractivity contribution < 1.29 is 122 Å². The molecule has 6 atom stereocenters. The van der Waals surface area contributed by atoms with Gasteiger partial charge in [-0.05, 0) is 70.1 Å². The first-order valence-corrected chi connectivity index (χ1v) is 29.1. The highest BCUT2D eigenvalue weighted by molar-refractivity contribution is 7.90. The third-order valence-electron chi connectivity index (χ3n) is 15.6. The van der Waals surface area contributed by atoms with Gasteiger partial charge in [-0.1, -0.05) is 40.2 Å². The number of piperidine rings is 4. The lowest BCUT2D eigenvalue weighted by Crippen LogP contribution is -2.47. The van der Waals surface area contributed by atoms with Gasteiger partial charge in [0.05, 0.1) is 5.92 Å². The van der Waals surface area contributed by atoms with E-state index in [2.05, 4.69) is 40.5 Å². The molecule has 0 radical (unpaired) electrons. The normalized spacial score (nSPS) is 25.0. The number of imide groups is 4. The van der Waals surface area contributed by atoms with Gasteiger partial charge < -0.3 is 33.2 Å². The molecule has 6 aliphatic heterocycles. The van der Waals surface area contributed by atoms with E-state index >= 15 is 0 Å². The molecule has 3 saturated carbocycles. The summed E-state index contributed by atoms with van der Waals surface area (Å²) >= 11 is 0. The van der Waals surface area contributed by atoms with Gasteiger partial charge in [0, 0.05) is 66.4 Å². The molecule has 6 heterocycles. The first-order valence-electron chi connectivity index (χ1n) is 27.7. The zero-order valence-electron chi connectivity index (χ0n) is 47.6. The van der Waals surface area contributed by atoms with Gasteiger partial charge in [-0.3, -0.25) is 81.9 Å². The quantitative estimate of drug-likeness (QED) is 0.0713. The van der Waals surface area contributed by atoms with Crippen LogP contribution >= 0.6 is 0 Å². The van der Waals surface area contributed by atoms with Crippen LogP contribution in [0.1, 0.15) is 104 Å². The van der Waals surface area contributed by atoms with E-state index < -0.39 is 132 Å². The molecule has 3 aliphatic carbocycles. The van der Waals surface area contributed by atoms with E-state index in [1.807, 2.05) is 13.8 Å². The fourth-order valence-corrected chi connectivity index (χ4v) is 11.3. The van der Waals surface area contributed by atoms with Crippen molar-refractivity contribution in [1.29, 1.82) is 0 Å². The molecule has 0 aromatic heterocycles. The number of nitrogens with zero attached hydrogens (tertiary/aromatic N) is 4. The average Bonchev–Trinajstić information content (AvgIpc) is 1.66. The third-order valence-corrected chi connectivity index (χ3v) is 16.8. The van der Waals surface area contributed by atoms with Crippen molar-refractivity contribution in [2.45, 2.75) is 133 Å². The lowest BCUT2D eigenvalue weighted by Gasteiger charge is -2.34. The van der Waals surface area contributed by atoms with Crippen molar-refractivity contribution in [2.24, 2.45) is 23.7 Å². The fourth-order valence-electron chi connectivity index (χ4n) is 10.8. The molecule has 0 spiro atoms. The van der Waals surface area contributed by atoms with Crippen LogP contribution in [0.15, 0.2) is 48.6 Å². The summed E-state index contributed by atoms with van der Waals surface area (Å²) in [7, 11) is -5.52. The minimum atomic E-state index is -5.52. The summed E-state index contributed by atoms with van der Waals surface area (Å²) in [6.07, 6.45) is 4.77. The topological polar surface area (TPSA) is 363 Å². The molecule has 2 bridgehead atoms. The number of carbonyl (C=O) groups is 14. The lowest BCUT2D eigenvalue weighted by molar-refractivity contribution is -0.169. The Morgan fingerprint density at radius 1 is 0.632 bits per heavy atom. The predicted octanol–water partition coefficient (Wildman–Crippen LogP) is 1.83. The molecule has 0 aromatic carbocycles. The number of hydrogen-bond donors (Lipinski definition) is 1. The number of ether oxygens (including phenoxy) is 7. The second-order valence-electron chi connectivity index (χ2n) is 21.9. The van der Waals surface area contributed by atoms with E-state index in [9.17, 15) is 88.7 Å². The number of rotatable bonds is 17. The number of likely N-dealkylation sites (tertiary alicyclic amines) is 4. The fraction of sp³-hybridized carbons (Fsp3) is 0.600. The van der Waals surface area contributed by atoms with Crippen LogP contribution in [-0.2, 0) is 106 Å². The average molecular weight is 1250 g/mol. The Bertz CT molecular complexity index is 3030. The smallest absolute Gasteiger partial charge is 0.463 e. The summed E-state index contributed by atoms with van der Waals surface area (Å²) in [6, 6.07) is 0. The molecule has 6 saturated heterocycles. The summed E-state index contributed by atoms with van der Waals surface area (Å²) in [5, 5.41) is 0. The van der Waals surface area contributed by atoms with Crippen LogP contribution in [0.4, 0.5) is 18.0 Å². The Balaban J connectivity index is 0.000000186. The second-order valence-corrected chi connectivity index (χ2v) is 23.6. The molecule has 87 heavy (non-hydrogen) atoms. The number of alkyl halides is 3. The number of nitrogens with one attached hydrogen (secondary N) is 1. The predicted molar refractivity (Wildman–Crippen MR) is 283 cm³/mol. The van der Waals surface area contributed by atoms with Crippen molar-refractivity contribution >= 4 is 93.3 Å². The van der Waals surface area contributed by atoms with Crippen LogP contribution < -0.4 is 4.72 Å². The molecule has 6 unspecified atom stereocenters. The number of amides is 8. The second kappa shape index (κ2) is 28.6. The molecule has 8 amide bonds. The van der Waals surface area contributed by atoms with E-state index in [0.29, 0.717) is 41.7 Å². The van der Waals surface area contributed by atoms with Crippen molar-refractivity contribution in [2.75, 3.05) is 52.5 Å². The van der Waals surface area contributed by atoms with Crippen LogP contribution in [0, 0.1) is 23.7 Å². The molecule has 9 aliphatic rings. The van der Waals surface area contributed by atoms with Crippen molar-refractivity contribution in [3.8, 4) is 0 Å². The Hall–Kier alpha value is -8.16. The lowest BCUT2D eigenvalue weighted by atomic mass is 9.88. The van der Waals surface area contributed by atoms with Gasteiger partial charge >= 0.3 is 51.5 Å². The maximum atomic E-state index is 12.2. The standard InChI is InChI=1S/C16H17NO6.C16H23NO4.C12H13NO7.C11H13F3N2O6S/c1-7-2-3-11(18)17(15(7)20)6-12(19)22-13-8-4-9-10(5-8)16(21)23-14(9)13;1-11(2)16(8-4-5-9-16)21-14(19)10-17-13(18)7-6-12(3)15(17)20;1-7-2-3-9(14)13(11(7)16)4-10(15)18-5-8-6-19-12(17)20-8;1-7-2-3-8(17)16(10(7)19)6-9(18)22-5-4-15-23(20,21)11(12,13)14/h8-10,13-14H,1-6H2;11H,3-10H2,1-2H3;8H,1-6H2;15H,1-6H2. The molecular formula is C55H66F3N5O23S. The minimum Gasteiger partial charge on any atom is -0.463 e. The van der Waals surface area contributed by atoms with E-state index in [-0.39, 0.29) is 111 Å². The Morgan fingerprint density at radius 3 is 1.49 bits per heavy atom. The van der Waals surface area contributed by atoms with E-state index in [4.69, 9.17) is 18.9 Å². The van der Waals surface area contributed by atoms with Crippen LogP contribution in [0.2, 0.25) is 0 Å². The minimum absolute atomic E-state index is 0.00321. The molecular weight excluding hydrogens is 1190 g/mol. The van der Waals surface area contributed by atoms with Gasteiger partial charge in [-0.25, -0.2) is 17.9 Å². The van der Waals surface area contributed by atoms with Gasteiger partial charge in [0.15, 0.2) is 6.10 Å². The SMILES string of the molecule is C=C1CCC(=O)N(CC(=O)OC2(C(C)C)CCCC2)C1=O.C=C1CCC(=O)N(CC(=O)OC2C3CC4C(=O)OC2C4C3)C1=O.C=C1CCC(=O)N(CC(=O)OCC2COC(=O)O2)C1=O.C=C1CCC(=O)N(CC(=O)OCCNS(=O)(=O)C(F)(F)F)C1=O. The number of fused-ring (bicyclic) bond motifs is 1. The number of carbonyl (C=O) groups excluding carboxylic acids is 14. The Morgan fingerprint density at radius 2 is 1.07 bits per heavy atom. The Labute approximate surface area is 496 Å². The summed E-state index contributed by atoms with van der Waals surface area (Å²) in [5.41, 5.74) is -4.77. The molecule has 9 fully saturated rings. The molecule has 28 nitrogen and oxygen atoms in total. The monoisotopic (exact) mass is 1250 g/mol. The molecule has 1 N–H and O–H groups in total. The highest BCUT2D eigenvalue weighted by Gasteiger charge is 2.63. The molecule has 476 valence electrons. The van der Waals surface area contributed by atoms with E-state index in [1.165, 1.54) is 4.72 Å².